The predicted molar refractivity (Wildman–Crippen MR) is 143 cm³/mol. The molecule has 0 fully saturated rings. The number of rotatable bonds is 8. The number of nitrogens with zero attached hydrogens (tertiary/aromatic N) is 2. The summed E-state index contributed by atoms with van der Waals surface area (Å²) in [6, 6.07) is 27.7. The van der Waals surface area contributed by atoms with Crippen molar-refractivity contribution in [3.63, 3.8) is 0 Å². The summed E-state index contributed by atoms with van der Waals surface area (Å²) in [5.41, 5.74) is 6.61. The quantitative estimate of drug-likeness (QED) is 0.280. The predicted octanol–water partition coefficient (Wildman–Crippen LogP) is 6.18. The number of hydrogen-bond donors (Lipinski definition) is 2. The summed E-state index contributed by atoms with van der Waals surface area (Å²) >= 11 is 0. The summed E-state index contributed by atoms with van der Waals surface area (Å²) in [7, 11) is 0. The normalized spacial score (nSPS) is 10.9. The van der Waals surface area contributed by atoms with Gasteiger partial charge >= 0.3 is 0 Å². The van der Waals surface area contributed by atoms with E-state index in [2.05, 4.69) is 46.7 Å². The molecule has 0 saturated carbocycles. The number of nitrogens with one attached hydrogen (secondary N) is 2. The van der Waals surface area contributed by atoms with E-state index in [4.69, 9.17) is 9.72 Å². The van der Waals surface area contributed by atoms with Gasteiger partial charge in [-0.05, 0) is 54.8 Å². The molecule has 2 heterocycles. The second-order valence-corrected chi connectivity index (χ2v) is 8.53. The highest BCUT2D eigenvalue weighted by Gasteiger charge is 2.20. The Kier molecular flexibility index (Phi) is 6.76. The first-order valence-electron chi connectivity index (χ1n) is 12.2. The van der Waals surface area contributed by atoms with Crippen LogP contribution in [0.2, 0.25) is 0 Å². The largest absolute Gasteiger partial charge is 0.494 e. The molecule has 0 aliphatic carbocycles. The van der Waals surface area contributed by atoms with Crippen LogP contribution in [-0.4, -0.2) is 27.7 Å². The Labute approximate surface area is 210 Å². The van der Waals surface area contributed by atoms with Gasteiger partial charge in [0, 0.05) is 17.7 Å². The van der Waals surface area contributed by atoms with Crippen LogP contribution in [0.3, 0.4) is 0 Å². The van der Waals surface area contributed by atoms with Crippen LogP contribution in [0.15, 0.2) is 84.9 Å². The molecule has 2 aromatic heterocycles. The van der Waals surface area contributed by atoms with Gasteiger partial charge in [0.2, 0.25) is 0 Å². The van der Waals surface area contributed by atoms with Crippen molar-refractivity contribution < 1.29 is 9.53 Å². The lowest BCUT2D eigenvalue weighted by Gasteiger charge is -2.11. The smallest absolute Gasteiger partial charge is 0.252 e. The first kappa shape index (κ1) is 23.3. The SMILES string of the molecule is CCOc1ccc(-c2cc(C(=O)NCc3ccccc3)c3c(-c4ccc(CC)cc4)[nH]nc3n2)cc1. The first-order chi connectivity index (χ1) is 17.7. The summed E-state index contributed by atoms with van der Waals surface area (Å²) in [4.78, 5) is 18.3. The monoisotopic (exact) mass is 476 g/mol. The second-order valence-electron chi connectivity index (χ2n) is 8.53. The minimum absolute atomic E-state index is 0.175. The maximum atomic E-state index is 13.5. The van der Waals surface area contributed by atoms with Gasteiger partial charge in [0.1, 0.15) is 5.75 Å². The number of amides is 1. The van der Waals surface area contributed by atoms with E-state index in [1.54, 1.807) is 0 Å². The molecule has 0 spiro atoms. The van der Waals surface area contributed by atoms with Crippen molar-refractivity contribution in [2.24, 2.45) is 0 Å². The van der Waals surface area contributed by atoms with Crippen LogP contribution in [0.4, 0.5) is 0 Å². The van der Waals surface area contributed by atoms with Crippen LogP contribution in [0.5, 0.6) is 5.75 Å². The van der Waals surface area contributed by atoms with Gasteiger partial charge in [0.15, 0.2) is 5.65 Å². The van der Waals surface area contributed by atoms with Crippen molar-refractivity contribution in [2.45, 2.75) is 26.8 Å². The lowest BCUT2D eigenvalue weighted by molar-refractivity contribution is 0.0952. The fraction of sp³-hybridized carbons (Fsp3) is 0.167. The van der Waals surface area contributed by atoms with Gasteiger partial charge in [-0.15, -0.1) is 0 Å². The van der Waals surface area contributed by atoms with Gasteiger partial charge in [0.25, 0.3) is 5.91 Å². The Morgan fingerprint density at radius 3 is 2.31 bits per heavy atom. The van der Waals surface area contributed by atoms with E-state index in [1.807, 2.05) is 67.6 Å². The molecule has 0 radical (unpaired) electrons. The van der Waals surface area contributed by atoms with Crippen molar-refractivity contribution in [3.05, 3.63) is 102 Å². The number of carbonyl (C=O) groups is 1. The van der Waals surface area contributed by atoms with E-state index in [0.717, 1.165) is 34.6 Å². The molecule has 5 aromatic rings. The molecular weight excluding hydrogens is 448 g/mol. The third-order valence-electron chi connectivity index (χ3n) is 6.18. The number of carbonyl (C=O) groups excluding carboxylic acids is 1. The van der Waals surface area contributed by atoms with Crippen LogP contribution < -0.4 is 10.1 Å². The molecule has 0 bridgehead atoms. The molecule has 2 N–H and O–H groups in total. The number of aryl methyl sites for hydroxylation is 1. The number of fused-ring (bicyclic) bond motifs is 1. The molecule has 5 rings (SSSR count). The molecule has 0 saturated heterocycles. The van der Waals surface area contributed by atoms with Crippen molar-refractivity contribution in [2.75, 3.05) is 6.61 Å². The summed E-state index contributed by atoms with van der Waals surface area (Å²) in [5.74, 6) is 0.618. The summed E-state index contributed by atoms with van der Waals surface area (Å²) in [5, 5.41) is 11.4. The fourth-order valence-electron chi connectivity index (χ4n) is 4.23. The Bertz CT molecular complexity index is 1470. The molecule has 6 heteroatoms. The van der Waals surface area contributed by atoms with E-state index in [0.29, 0.717) is 35.4 Å². The third kappa shape index (κ3) is 4.84. The zero-order valence-corrected chi connectivity index (χ0v) is 20.4. The van der Waals surface area contributed by atoms with Crippen LogP contribution >= 0.6 is 0 Å². The van der Waals surface area contributed by atoms with Gasteiger partial charge in [-0.1, -0.05) is 61.5 Å². The van der Waals surface area contributed by atoms with Gasteiger partial charge in [0.05, 0.1) is 28.9 Å². The average molecular weight is 477 g/mol. The molecule has 3 aromatic carbocycles. The van der Waals surface area contributed by atoms with E-state index in [9.17, 15) is 4.79 Å². The number of H-pyrrole nitrogens is 1. The van der Waals surface area contributed by atoms with Crippen molar-refractivity contribution in [1.82, 2.24) is 20.5 Å². The number of pyridine rings is 1. The molecule has 6 nitrogen and oxygen atoms in total. The highest BCUT2D eigenvalue weighted by molar-refractivity contribution is 6.11. The number of aromatic nitrogens is 3. The topological polar surface area (TPSA) is 79.9 Å². The fourth-order valence-corrected chi connectivity index (χ4v) is 4.23. The Hall–Kier alpha value is -4.45. The summed E-state index contributed by atoms with van der Waals surface area (Å²) in [6.07, 6.45) is 0.962. The average Bonchev–Trinajstić information content (AvgIpc) is 3.36. The van der Waals surface area contributed by atoms with Crippen LogP contribution in [0, 0.1) is 0 Å². The van der Waals surface area contributed by atoms with Gasteiger partial charge in [-0.3, -0.25) is 9.89 Å². The van der Waals surface area contributed by atoms with E-state index in [-0.39, 0.29) is 5.91 Å². The summed E-state index contributed by atoms with van der Waals surface area (Å²) in [6.45, 7) is 5.11. The Morgan fingerprint density at radius 1 is 0.889 bits per heavy atom. The Balaban J connectivity index is 1.58. The second kappa shape index (κ2) is 10.4. The Morgan fingerprint density at radius 2 is 1.61 bits per heavy atom. The highest BCUT2D eigenvalue weighted by atomic mass is 16.5. The van der Waals surface area contributed by atoms with Crippen molar-refractivity contribution in [3.8, 4) is 28.3 Å². The summed E-state index contributed by atoms with van der Waals surface area (Å²) < 4.78 is 5.57. The highest BCUT2D eigenvalue weighted by Crippen LogP contribution is 2.32. The van der Waals surface area contributed by atoms with E-state index in [1.165, 1.54) is 5.56 Å². The molecule has 0 aliphatic rings. The van der Waals surface area contributed by atoms with Crippen LogP contribution in [-0.2, 0) is 13.0 Å². The zero-order chi connectivity index (χ0) is 24.9. The van der Waals surface area contributed by atoms with Gasteiger partial charge in [-0.25, -0.2) is 4.98 Å². The number of aromatic amines is 1. The first-order valence-corrected chi connectivity index (χ1v) is 12.2. The standard InChI is InChI=1S/C30H28N4O2/c1-3-20-10-12-23(13-11-20)28-27-25(30(35)31-19-21-8-6-5-7-9-21)18-26(32-29(27)34-33-28)22-14-16-24(17-15-22)36-4-2/h5-18H,3-4,19H2,1-2H3,(H,31,35)(H,32,33,34). The third-order valence-corrected chi connectivity index (χ3v) is 6.18. The molecule has 0 atom stereocenters. The molecule has 180 valence electrons. The minimum atomic E-state index is -0.175. The van der Waals surface area contributed by atoms with Gasteiger partial charge in [-0.2, -0.15) is 5.10 Å². The number of benzene rings is 3. The van der Waals surface area contributed by atoms with Gasteiger partial charge < -0.3 is 10.1 Å². The van der Waals surface area contributed by atoms with Crippen molar-refractivity contribution >= 4 is 16.9 Å². The lowest BCUT2D eigenvalue weighted by atomic mass is 10.0. The zero-order valence-electron chi connectivity index (χ0n) is 20.4. The molecule has 0 aliphatic heterocycles. The lowest BCUT2D eigenvalue weighted by Crippen LogP contribution is -2.23. The maximum Gasteiger partial charge on any atom is 0.252 e. The van der Waals surface area contributed by atoms with E-state index >= 15 is 0 Å². The molecule has 0 unspecified atom stereocenters. The molecule has 36 heavy (non-hydrogen) atoms. The van der Waals surface area contributed by atoms with Crippen LogP contribution in [0.25, 0.3) is 33.5 Å². The number of ether oxygens (including phenoxy) is 1. The molecular formula is C30H28N4O2. The number of hydrogen-bond acceptors (Lipinski definition) is 4. The minimum Gasteiger partial charge on any atom is -0.494 e. The van der Waals surface area contributed by atoms with Crippen molar-refractivity contribution in [1.29, 1.82) is 0 Å². The van der Waals surface area contributed by atoms with Crippen LogP contribution in [0.1, 0.15) is 35.3 Å². The molecule has 1 amide bonds. The van der Waals surface area contributed by atoms with E-state index < -0.39 is 0 Å². The maximum absolute atomic E-state index is 13.5.